The van der Waals surface area contributed by atoms with E-state index in [9.17, 15) is 9.59 Å². The van der Waals surface area contributed by atoms with Gasteiger partial charge < -0.3 is 15.3 Å². The standard InChI is InChI=1S/C14H24N2O3/c1-2-10(13(17)18)9-15-14(19)16-8-4-6-11-5-3-7-12(11)16/h10-12H,2-9H2,1H3,(H,15,19)(H,17,18). The Balaban J connectivity index is 1.87. The third-order valence-corrected chi connectivity index (χ3v) is 4.60. The molecule has 0 spiro atoms. The van der Waals surface area contributed by atoms with E-state index in [1.54, 1.807) is 0 Å². The van der Waals surface area contributed by atoms with Crippen molar-refractivity contribution in [2.45, 2.75) is 51.5 Å². The topological polar surface area (TPSA) is 69.6 Å². The molecule has 2 aliphatic rings. The highest BCUT2D eigenvalue weighted by Gasteiger charge is 2.37. The van der Waals surface area contributed by atoms with Crippen molar-refractivity contribution < 1.29 is 14.7 Å². The van der Waals surface area contributed by atoms with Crippen LogP contribution in [0.2, 0.25) is 0 Å². The third kappa shape index (κ3) is 3.19. The minimum absolute atomic E-state index is 0.0729. The maximum Gasteiger partial charge on any atom is 0.317 e. The highest BCUT2D eigenvalue weighted by atomic mass is 16.4. The van der Waals surface area contributed by atoms with Crippen molar-refractivity contribution in [3.8, 4) is 0 Å². The molecule has 5 nitrogen and oxygen atoms in total. The Bertz CT molecular complexity index is 346. The number of carboxylic acid groups (broad SMARTS) is 1. The van der Waals surface area contributed by atoms with Crippen LogP contribution in [0.25, 0.3) is 0 Å². The Morgan fingerprint density at radius 1 is 1.32 bits per heavy atom. The van der Waals surface area contributed by atoms with Gasteiger partial charge in [0.05, 0.1) is 5.92 Å². The Hall–Kier alpha value is -1.26. The van der Waals surface area contributed by atoms with Crippen LogP contribution >= 0.6 is 0 Å². The zero-order valence-electron chi connectivity index (χ0n) is 11.6. The van der Waals surface area contributed by atoms with E-state index in [4.69, 9.17) is 5.11 Å². The van der Waals surface area contributed by atoms with Gasteiger partial charge in [-0.25, -0.2) is 4.79 Å². The molecule has 2 N–H and O–H groups in total. The molecule has 0 bridgehead atoms. The predicted molar refractivity (Wildman–Crippen MR) is 71.9 cm³/mol. The Labute approximate surface area is 114 Å². The van der Waals surface area contributed by atoms with Gasteiger partial charge in [0.15, 0.2) is 0 Å². The van der Waals surface area contributed by atoms with E-state index in [-0.39, 0.29) is 12.6 Å². The molecule has 0 radical (unpaired) electrons. The van der Waals surface area contributed by atoms with Crippen molar-refractivity contribution in [1.29, 1.82) is 0 Å². The fourth-order valence-corrected chi connectivity index (χ4v) is 3.42. The molecule has 0 aromatic heterocycles. The highest BCUT2D eigenvalue weighted by Crippen LogP contribution is 2.36. The second-order valence-electron chi connectivity index (χ2n) is 5.72. The van der Waals surface area contributed by atoms with Gasteiger partial charge in [0.2, 0.25) is 0 Å². The molecular weight excluding hydrogens is 244 g/mol. The monoisotopic (exact) mass is 268 g/mol. The summed E-state index contributed by atoms with van der Waals surface area (Å²) in [5, 5.41) is 11.8. The fourth-order valence-electron chi connectivity index (χ4n) is 3.42. The molecule has 1 saturated heterocycles. The molecule has 2 fully saturated rings. The Morgan fingerprint density at radius 2 is 2.05 bits per heavy atom. The Morgan fingerprint density at radius 3 is 2.74 bits per heavy atom. The maximum atomic E-state index is 12.2. The first-order valence-electron chi connectivity index (χ1n) is 7.40. The van der Waals surface area contributed by atoms with Crippen LogP contribution in [0.15, 0.2) is 0 Å². The van der Waals surface area contributed by atoms with Crippen molar-refractivity contribution in [1.82, 2.24) is 10.2 Å². The largest absolute Gasteiger partial charge is 0.481 e. The van der Waals surface area contributed by atoms with Crippen molar-refractivity contribution in [3.05, 3.63) is 0 Å². The molecule has 1 heterocycles. The third-order valence-electron chi connectivity index (χ3n) is 4.60. The summed E-state index contributed by atoms with van der Waals surface area (Å²) >= 11 is 0. The molecule has 1 aliphatic heterocycles. The summed E-state index contributed by atoms with van der Waals surface area (Å²) in [4.78, 5) is 25.1. The van der Waals surface area contributed by atoms with Gasteiger partial charge in [-0.15, -0.1) is 0 Å². The average molecular weight is 268 g/mol. The molecule has 2 rings (SSSR count). The second kappa shape index (κ2) is 6.26. The van der Waals surface area contributed by atoms with Crippen molar-refractivity contribution >= 4 is 12.0 Å². The van der Waals surface area contributed by atoms with Crippen LogP contribution in [0, 0.1) is 11.8 Å². The smallest absolute Gasteiger partial charge is 0.317 e. The van der Waals surface area contributed by atoms with Gasteiger partial charge in [-0.3, -0.25) is 4.79 Å². The first-order valence-corrected chi connectivity index (χ1v) is 7.40. The van der Waals surface area contributed by atoms with Crippen LogP contribution in [-0.2, 0) is 4.79 Å². The molecular formula is C14H24N2O3. The van der Waals surface area contributed by atoms with Crippen LogP contribution in [0.3, 0.4) is 0 Å². The summed E-state index contributed by atoms with van der Waals surface area (Å²) in [7, 11) is 0. The second-order valence-corrected chi connectivity index (χ2v) is 5.72. The van der Waals surface area contributed by atoms with Gasteiger partial charge in [0, 0.05) is 19.1 Å². The number of fused-ring (bicyclic) bond motifs is 1. The first kappa shape index (κ1) is 14.2. The lowest BCUT2D eigenvalue weighted by Crippen LogP contribution is -2.51. The first-order chi connectivity index (χ1) is 9.13. The zero-order valence-corrected chi connectivity index (χ0v) is 11.6. The van der Waals surface area contributed by atoms with E-state index in [1.807, 2.05) is 11.8 Å². The molecule has 1 aliphatic carbocycles. The SMILES string of the molecule is CCC(CNC(=O)N1CCCC2CCCC21)C(=O)O. The summed E-state index contributed by atoms with van der Waals surface area (Å²) in [5.41, 5.74) is 0. The lowest BCUT2D eigenvalue weighted by molar-refractivity contribution is -0.141. The van der Waals surface area contributed by atoms with Crippen molar-refractivity contribution in [3.63, 3.8) is 0 Å². The summed E-state index contributed by atoms with van der Waals surface area (Å²) in [6.45, 7) is 2.88. The number of carbonyl (C=O) groups is 2. The lowest BCUT2D eigenvalue weighted by Gasteiger charge is -2.37. The zero-order chi connectivity index (χ0) is 13.8. The number of aliphatic carboxylic acids is 1. The number of carbonyl (C=O) groups excluding carboxylic acids is 1. The highest BCUT2D eigenvalue weighted by molar-refractivity contribution is 5.76. The van der Waals surface area contributed by atoms with Crippen molar-refractivity contribution in [2.24, 2.45) is 11.8 Å². The number of hydrogen-bond acceptors (Lipinski definition) is 2. The molecule has 3 unspecified atom stereocenters. The van der Waals surface area contributed by atoms with E-state index < -0.39 is 11.9 Å². The predicted octanol–water partition coefficient (Wildman–Crippen LogP) is 2.07. The van der Waals surface area contributed by atoms with E-state index >= 15 is 0 Å². The number of nitrogens with zero attached hydrogens (tertiary/aromatic N) is 1. The van der Waals surface area contributed by atoms with E-state index in [0.717, 1.165) is 19.4 Å². The van der Waals surface area contributed by atoms with Crippen LogP contribution in [0.5, 0.6) is 0 Å². The van der Waals surface area contributed by atoms with Crippen molar-refractivity contribution in [2.75, 3.05) is 13.1 Å². The summed E-state index contributed by atoms with van der Waals surface area (Å²) in [5.74, 6) is -0.644. The molecule has 5 heteroatoms. The summed E-state index contributed by atoms with van der Waals surface area (Å²) in [6, 6.07) is 0.315. The van der Waals surface area contributed by atoms with Gasteiger partial charge >= 0.3 is 12.0 Å². The molecule has 1 saturated carbocycles. The van der Waals surface area contributed by atoms with Crippen LogP contribution in [-0.4, -0.2) is 41.1 Å². The summed E-state index contributed by atoms with van der Waals surface area (Å²) in [6.07, 6.45) is 6.41. The molecule has 0 aromatic rings. The number of amides is 2. The van der Waals surface area contributed by atoms with Crippen LogP contribution < -0.4 is 5.32 Å². The fraction of sp³-hybridized carbons (Fsp3) is 0.857. The van der Waals surface area contributed by atoms with Crippen LogP contribution in [0.1, 0.15) is 45.4 Å². The number of piperidine rings is 1. The van der Waals surface area contributed by atoms with Gasteiger partial charge in [-0.2, -0.15) is 0 Å². The van der Waals surface area contributed by atoms with Gasteiger partial charge in [0.1, 0.15) is 0 Å². The number of carboxylic acids is 1. The molecule has 108 valence electrons. The Kier molecular flexibility index (Phi) is 4.66. The molecule has 0 aromatic carbocycles. The quantitative estimate of drug-likeness (QED) is 0.820. The number of likely N-dealkylation sites (tertiary alicyclic amines) is 1. The summed E-state index contributed by atoms with van der Waals surface area (Å²) < 4.78 is 0. The molecule has 19 heavy (non-hydrogen) atoms. The molecule has 3 atom stereocenters. The number of urea groups is 1. The minimum Gasteiger partial charge on any atom is -0.481 e. The van der Waals surface area contributed by atoms with Gasteiger partial charge in [0.25, 0.3) is 0 Å². The number of nitrogens with one attached hydrogen (secondary N) is 1. The van der Waals surface area contributed by atoms with E-state index in [0.29, 0.717) is 18.4 Å². The van der Waals surface area contributed by atoms with Crippen LogP contribution in [0.4, 0.5) is 4.79 Å². The minimum atomic E-state index is -0.833. The van der Waals surface area contributed by atoms with E-state index in [2.05, 4.69) is 5.32 Å². The maximum absolute atomic E-state index is 12.2. The lowest BCUT2D eigenvalue weighted by atomic mass is 9.92. The van der Waals surface area contributed by atoms with E-state index in [1.165, 1.54) is 19.3 Å². The average Bonchev–Trinajstić information content (AvgIpc) is 2.86. The molecule has 2 amide bonds. The number of hydrogen-bond donors (Lipinski definition) is 2. The van der Waals surface area contributed by atoms with Gasteiger partial charge in [-0.05, 0) is 38.0 Å². The van der Waals surface area contributed by atoms with Gasteiger partial charge in [-0.1, -0.05) is 13.3 Å². The number of rotatable bonds is 4. The normalized spacial score (nSPS) is 27.7.